The van der Waals surface area contributed by atoms with Crippen molar-refractivity contribution in [2.45, 2.75) is 31.2 Å². The van der Waals surface area contributed by atoms with E-state index in [1.165, 1.54) is 4.31 Å². The number of nitrogens with zero attached hydrogens (tertiary/aromatic N) is 3. The van der Waals surface area contributed by atoms with E-state index in [0.29, 0.717) is 31.0 Å². The van der Waals surface area contributed by atoms with Gasteiger partial charge in [-0.3, -0.25) is 9.69 Å². The van der Waals surface area contributed by atoms with E-state index >= 15 is 0 Å². The lowest BCUT2D eigenvalue weighted by Crippen LogP contribution is -2.52. The summed E-state index contributed by atoms with van der Waals surface area (Å²) >= 11 is 0. The Labute approximate surface area is 201 Å². The Morgan fingerprint density at radius 2 is 1.71 bits per heavy atom. The minimum atomic E-state index is -3.59. The molecule has 2 aromatic carbocycles. The average molecular weight is 486 g/mol. The Morgan fingerprint density at radius 1 is 0.971 bits per heavy atom. The van der Waals surface area contributed by atoms with Gasteiger partial charge in [0, 0.05) is 45.8 Å². The van der Waals surface area contributed by atoms with Crippen LogP contribution in [-0.4, -0.2) is 74.5 Å². The van der Waals surface area contributed by atoms with Crippen molar-refractivity contribution in [3.8, 4) is 11.5 Å². The highest BCUT2D eigenvalue weighted by Gasteiger charge is 2.35. The Bertz CT molecular complexity index is 1140. The van der Waals surface area contributed by atoms with Gasteiger partial charge in [0.25, 0.3) is 0 Å². The van der Waals surface area contributed by atoms with Crippen molar-refractivity contribution < 1.29 is 22.7 Å². The van der Waals surface area contributed by atoms with Gasteiger partial charge >= 0.3 is 0 Å². The molecule has 0 spiro atoms. The molecule has 8 nitrogen and oxygen atoms in total. The van der Waals surface area contributed by atoms with E-state index in [4.69, 9.17) is 9.47 Å². The molecule has 2 fully saturated rings. The molecule has 0 N–H and O–H groups in total. The number of carbonyl (C=O) groups excluding carboxylic acids is 1. The summed E-state index contributed by atoms with van der Waals surface area (Å²) in [4.78, 5) is 17.8. The van der Waals surface area contributed by atoms with E-state index in [2.05, 4.69) is 11.0 Å². The number of fused-ring (bicyclic) bond motifs is 1. The van der Waals surface area contributed by atoms with Crippen LogP contribution in [0.2, 0.25) is 0 Å². The molecule has 0 radical (unpaired) electrons. The minimum Gasteiger partial charge on any atom is -0.454 e. The summed E-state index contributed by atoms with van der Waals surface area (Å²) < 4.78 is 38.5. The summed E-state index contributed by atoms with van der Waals surface area (Å²) in [5.74, 6) is 1.36. The zero-order chi connectivity index (χ0) is 23.7. The van der Waals surface area contributed by atoms with Gasteiger partial charge in [-0.15, -0.1) is 0 Å². The highest BCUT2D eigenvalue weighted by atomic mass is 32.2. The monoisotopic (exact) mass is 485 g/mol. The third-order valence-corrected chi connectivity index (χ3v) is 8.80. The number of benzene rings is 2. The number of hydrogen-bond donors (Lipinski definition) is 0. The first kappa shape index (κ1) is 23.1. The molecule has 9 heteroatoms. The number of piperazine rings is 1. The third-order valence-electron chi connectivity index (χ3n) is 6.92. The van der Waals surface area contributed by atoms with Gasteiger partial charge in [0.15, 0.2) is 11.5 Å². The lowest BCUT2D eigenvalue weighted by molar-refractivity contribution is -0.138. The average Bonchev–Trinajstić information content (AvgIpc) is 3.32. The van der Waals surface area contributed by atoms with Crippen molar-refractivity contribution in [2.75, 3.05) is 46.1 Å². The second-order valence-corrected chi connectivity index (χ2v) is 11.2. The van der Waals surface area contributed by atoms with Gasteiger partial charge < -0.3 is 14.4 Å². The molecule has 182 valence electrons. The lowest BCUT2D eigenvalue weighted by Gasteiger charge is -2.38. The summed E-state index contributed by atoms with van der Waals surface area (Å²) in [6, 6.07) is 12.9. The molecule has 1 amide bonds. The van der Waals surface area contributed by atoms with E-state index in [-0.39, 0.29) is 25.2 Å². The normalized spacial score (nSPS) is 21.6. The fourth-order valence-corrected chi connectivity index (χ4v) is 6.43. The van der Waals surface area contributed by atoms with Crippen molar-refractivity contribution in [1.29, 1.82) is 0 Å². The van der Waals surface area contributed by atoms with Crippen molar-refractivity contribution in [1.82, 2.24) is 14.1 Å². The Balaban J connectivity index is 1.16. The van der Waals surface area contributed by atoms with Crippen LogP contribution in [0.15, 0.2) is 47.4 Å². The molecular formula is C25H31N3O5S. The molecule has 3 heterocycles. The Morgan fingerprint density at radius 3 is 2.47 bits per heavy atom. The van der Waals surface area contributed by atoms with Gasteiger partial charge in [-0.1, -0.05) is 23.8 Å². The van der Waals surface area contributed by atoms with Crippen LogP contribution < -0.4 is 9.47 Å². The quantitative estimate of drug-likeness (QED) is 0.648. The largest absolute Gasteiger partial charge is 0.454 e. The van der Waals surface area contributed by atoms with E-state index in [0.717, 1.165) is 48.7 Å². The van der Waals surface area contributed by atoms with Gasteiger partial charge in [-0.25, -0.2) is 8.42 Å². The first-order chi connectivity index (χ1) is 16.4. The molecule has 3 aliphatic heterocycles. The van der Waals surface area contributed by atoms with Crippen LogP contribution in [0.25, 0.3) is 0 Å². The summed E-state index contributed by atoms with van der Waals surface area (Å²) in [6.45, 7) is 6.61. The molecule has 0 aliphatic carbocycles. The zero-order valence-electron chi connectivity index (χ0n) is 19.5. The lowest BCUT2D eigenvalue weighted by atomic mass is 9.97. The standard InChI is InChI=1S/C25H31N3O5S/c1-19-4-7-22(8-5-19)34(30,31)28-10-2-3-21(17-28)25(29)27-13-11-26(12-14-27)16-20-6-9-23-24(15-20)33-18-32-23/h4-9,15,21H,2-3,10-14,16-18H2,1H3/t21-/m0/s1. The number of ether oxygens (including phenoxy) is 2. The second kappa shape index (κ2) is 9.56. The van der Waals surface area contributed by atoms with Crippen LogP contribution in [0, 0.1) is 12.8 Å². The number of sulfonamides is 1. The number of aryl methyl sites for hydroxylation is 1. The van der Waals surface area contributed by atoms with E-state index in [1.807, 2.05) is 36.1 Å². The predicted octanol–water partition coefficient (Wildman–Crippen LogP) is 2.47. The van der Waals surface area contributed by atoms with Crippen molar-refractivity contribution in [3.05, 3.63) is 53.6 Å². The van der Waals surface area contributed by atoms with E-state index in [1.54, 1.807) is 12.1 Å². The second-order valence-electron chi connectivity index (χ2n) is 9.30. The number of carbonyl (C=O) groups is 1. The molecule has 3 aliphatic rings. The fourth-order valence-electron chi connectivity index (χ4n) is 4.90. The van der Waals surface area contributed by atoms with Gasteiger partial charge in [0.2, 0.25) is 22.7 Å². The zero-order valence-corrected chi connectivity index (χ0v) is 20.3. The topological polar surface area (TPSA) is 79.4 Å². The molecular weight excluding hydrogens is 454 g/mol. The maximum absolute atomic E-state index is 13.3. The first-order valence-corrected chi connectivity index (χ1v) is 13.3. The number of rotatable bonds is 5. The maximum Gasteiger partial charge on any atom is 0.243 e. The van der Waals surface area contributed by atoms with Gasteiger partial charge in [-0.2, -0.15) is 4.31 Å². The third kappa shape index (κ3) is 4.78. The van der Waals surface area contributed by atoms with Crippen LogP contribution in [0.4, 0.5) is 0 Å². The van der Waals surface area contributed by atoms with Crippen LogP contribution in [-0.2, 0) is 21.4 Å². The summed E-state index contributed by atoms with van der Waals surface area (Å²) in [5.41, 5.74) is 2.18. The summed E-state index contributed by atoms with van der Waals surface area (Å²) in [6.07, 6.45) is 1.43. The molecule has 0 aromatic heterocycles. The molecule has 1 atom stereocenters. The SMILES string of the molecule is Cc1ccc(S(=O)(=O)N2CCC[C@H](C(=O)N3CCN(Cc4ccc5c(c4)OCO5)CC3)C2)cc1. The Hall–Kier alpha value is -2.62. The number of hydrogen-bond acceptors (Lipinski definition) is 6. The minimum absolute atomic E-state index is 0.0755. The number of amides is 1. The smallest absolute Gasteiger partial charge is 0.243 e. The van der Waals surface area contributed by atoms with E-state index in [9.17, 15) is 13.2 Å². The molecule has 2 aromatic rings. The maximum atomic E-state index is 13.3. The number of piperidine rings is 1. The first-order valence-electron chi connectivity index (χ1n) is 11.9. The molecule has 0 saturated carbocycles. The summed E-state index contributed by atoms with van der Waals surface area (Å²) in [7, 11) is -3.59. The summed E-state index contributed by atoms with van der Waals surface area (Å²) in [5, 5.41) is 0. The fraction of sp³-hybridized carbons (Fsp3) is 0.480. The molecule has 0 bridgehead atoms. The van der Waals surface area contributed by atoms with Gasteiger partial charge in [0.1, 0.15) is 0 Å². The van der Waals surface area contributed by atoms with Gasteiger partial charge in [0.05, 0.1) is 10.8 Å². The van der Waals surface area contributed by atoms with Crippen molar-refractivity contribution >= 4 is 15.9 Å². The van der Waals surface area contributed by atoms with Crippen molar-refractivity contribution in [3.63, 3.8) is 0 Å². The van der Waals surface area contributed by atoms with Crippen LogP contribution >= 0.6 is 0 Å². The molecule has 2 saturated heterocycles. The predicted molar refractivity (Wildman–Crippen MR) is 127 cm³/mol. The highest BCUT2D eigenvalue weighted by molar-refractivity contribution is 7.89. The Kier molecular flexibility index (Phi) is 6.50. The highest BCUT2D eigenvalue weighted by Crippen LogP contribution is 2.33. The van der Waals surface area contributed by atoms with E-state index < -0.39 is 10.0 Å². The van der Waals surface area contributed by atoms with Crippen LogP contribution in [0.3, 0.4) is 0 Å². The molecule has 0 unspecified atom stereocenters. The van der Waals surface area contributed by atoms with Gasteiger partial charge in [-0.05, 0) is 49.6 Å². The van der Waals surface area contributed by atoms with Crippen LogP contribution in [0.1, 0.15) is 24.0 Å². The molecule has 34 heavy (non-hydrogen) atoms. The molecule has 5 rings (SSSR count). The van der Waals surface area contributed by atoms with Crippen molar-refractivity contribution in [2.24, 2.45) is 5.92 Å². The van der Waals surface area contributed by atoms with Crippen LogP contribution in [0.5, 0.6) is 11.5 Å².